The zero-order valence-electron chi connectivity index (χ0n) is 12.6. The lowest BCUT2D eigenvalue weighted by Crippen LogP contribution is -2.30. The van der Waals surface area contributed by atoms with Gasteiger partial charge in [0.1, 0.15) is 0 Å². The number of nitrogens with zero attached hydrogens (tertiary/aromatic N) is 1. The van der Waals surface area contributed by atoms with Gasteiger partial charge in [-0.2, -0.15) is 0 Å². The molecule has 1 heterocycles. The van der Waals surface area contributed by atoms with Crippen LogP contribution in [0.5, 0.6) is 11.5 Å². The van der Waals surface area contributed by atoms with Gasteiger partial charge >= 0.3 is 0 Å². The lowest BCUT2D eigenvalue weighted by Gasteiger charge is -2.14. The van der Waals surface area contributed by atoms with Crippen molar-refractivity contribution >= 4 is 23.0 Å². The van der Waals surface area contributed by atoms with E-state index in [2.05, 4.69) is 29.6 Å². The van der Waals surface area contributed by atoms with Crippen LogP contribution in [0.15, 0.2) is 18.2 Å². The highest BCUT2D eigenvalue weighted by atomic mass is 32.1. The third kappa shape index (κ3) is 5.40. The second kappa shape index (κ2) is 8.05. The molecule has 0 saturated carbocycles. The van der Waals surface area contributed by atoms with Crippen molar-refractivity contribution in [3.05, 3.63) is 18.2 Å². The van der Waals surface area contributed by atoms with Gasteiger partial charge in [-0.15, -0.1) is 0 Å². The van der Waals surface area contributed by atoms with Crippen LogP contribution in [0.2, 0.25) is 0 Å². The number of thiocarbonyl (C=S) groups is 1. The zero-order chi connectivity index (χ0) is 15.1. The largest absolute Gasteiger partial charge is 0.490 e. The summed E-state index contributed by atoms with van der Waals surface area (Å²) in [5.41, 5.74) is 0.907. The third-order valence-corrected chi connectivity index (χ3v) is 3.32. The summed E-state index contributed by atoms with van der Waals surface area (Å²) in [7, 11) is 4.13. The van der Waals surface area contributed by atoms with E-state index in [0.717, 1.165) is 43.1 Å². The van der Waals surface area contributed by atoms with E-state index in [-0.39, 0.29) is 0 Å². The number of nitrogens with one attached hydrogen (secondary N) is 2. The molecule has 0 bridgehead atoms. The molecule has 6 heteroatoms. The molecular formula is C15H23N3O2S. The van der Waals surface area contributed by atoms with Crippen molar-refractivity contribution in [1.29, 1.82) is 0 Å². The van der Waals surface area contributed by atoms with Gasteiger partial charge in [0.05, 0.1) is 13.2 Å². The first kappa shape index (κ1) is 15.9. The van der Waals surface area contributed by atoms with E-state index < -0.39 is 0 Å². The highest BCUT2D eigenvalue weighted by Gasteiger charge is 2.10. The average molecular weight is 309 g/mol. The van der Waals surface area contributed by atoms with Gasteiger partial charge in [0.25, 0.3) is 0 Å². The minimum atomic E-state index is 0.628. The normalized spacial score (nSPS) is 13.7. The number of hydrogen-bond acceptors (Lipinski definition) is 4. The Balaban J connectivity index is 1.82. The number of anilines is 1. The molecule has 0 aromatic heterocycles. The van der Waals surface area contributed by atoms with E-state index in [1.807, 2.05) is 18.2 Å². The van der Waals surface area contributed by atoms with Crippen LogP contribution in [0.3, 0.4) is 0 Å². The molecule has 0 aliphatic carbocycles. The number of benzene rings is 1. The molecule has 2 rings (SSSR count). The van der Waals surface area contributed by atoms with Crippen LogP contribution in [0.1, 0.15) is 12.8 Å². The van der Waals surface area contributed by atoms with Crippen molar-refractivity contribution in [1.82, 2.24) is 10.2 Å². The minimum absolute atomic E-state index is 0.628. The Morgan fingerprint density at radius 1 is 1.24 bits per heavy atom. The zero-order valence-corrected chi connectivity index (χ0v) is 13.5. The van der Waals surface area contributed by atoms with Crippen molar-refractivity contribution < 1.29 is 9.47 Å². The van der Waals surface area contributed by atoms with Crippen LogP contribution in [0.25, 0.3) is 0 Å². The Labute approximate surface area is 131 Å². The molecular weight excluding hydrogens is 286 g/mol. The monoisotopic (exact) mass is 309 g/mol. The van der Waals surface area contributed by atoms with Crippen LogP contribution >= 0.6 is 12.2 Å². The third-order valence-electron chi connectivity index (χ3n) is 3.07. The van der Waals surface area contributed by atoms with Crippen molar-refractivity contribution in [2.24, 2.45) is 0 Å². The van der Waals surface area contributed by atoms with Gasteiger partial charge in [-0.25, -0.2) is 0 Å². The summed E-state index contributed by atoms with van der Waals surface area (Å²) in [4.78, 5) is 2.15. The topological polar surface area (TPSA) is 45.8 Å². The molecule has 0 fully saturated rings. The predicted molar refractivity (Wildman–Crippen MR) is 89.4 cm³/mol. The molecule has 1 aromatic rings. The van der Waals surface area contributed by atoms with Gasteiger partial charge < -0.3 is 25.0 Å². The Morgan fingerprint density at radius 3 is 2.76 bits per heavy atom. The van der Waals surface area contributed by atoms with Crippen LogP contribution in [0, 0.1) is 0 Å². The van der Waals surface area contributed by atoms with Crippen molar-refractivity contribution in [3.63, 3.8) is 0 Å². The molecule has 116 valence electrons. The van der Waals surface area contributed by atoms with Crippen molar-refractivity contribution in [3.8, 4) is 11.5 Å². The molecule has 2 N–H and O–H groups in total. The molecule has 1 aliphatic heterocycles. The molecule has 0 radical (unpaired) electrons. The predicted octanol–water partition coefficient (Wildman–Crippen LogP) is 2.09. The molecule has 1 aliphatic rings. The average Bonchev–Trinajstić information content (AvgIpc) is 2.68. The molecule has 0 unspecified atom stereocenters. The Bertz CT molecular complexity index is 480. The van der Waals surface area contributed by atoms with E-state index in [4.69, 9.17) is 21.7 Å². The molecule has 0 spiro atoms. The number of rotatable bonds is 5. The van der Waals surface area contributed by atoms with Crippen LogP contribution in [-0.2, 0) is 0 Å². The number of fused-ring (bicyclic) bond motifs is 1. The van der Waals surface area contributed by atoms with Gasteiger partial charge in [0, 0.05) is 24.7 Å². The maximum Gasteiger partial charge on any atom is 0.170 e. The molecule has 5 nitrogen and oxygen atoms in total. The summed E-state index contributed by atoms with van der Waals surface area (Å²) in [6.45, 7) is 3.28. The first-order valence-electron chi connectivity index (χ1n) is 7.24. The smallest absolute Gasteiger partial charge is 0.170 e. The van der Waals surface area contributed by atoms with E-state index in [1.165, 1.54) is 0 Å². The van der Waals surface area contributed by atoms with E-state index in [1.54, 1.807) is 0 Å². The van der Waals surface area contributed by atoms with Crippen LogP contribution in [0.4, 0.5) is 5.69 Å². The van der Waals surface area contributed by atoms with Gasteiger partial charge in [0.15, 0.2) is 16.6 Å². The molecule has 0 saturated heterocycles. The van der Waals surface area contributed by atoms with Gasteiger partial charge in [-0.3, -0.25) is 0 Å². The Morgan fingerprint density at radius 2 is 2.00 bits per heavy atom. The second-order valence-corrected chi connectivity index (χ2v) is 5.66. The number of ether oxygens (including phenoxy) is 2. The van der Waals surface area contributed by atoms with Gasteiger partial charge in [-0.05, 0) is 51.4 Å². The maximum absolute atomic E-state index is 5.66. The quantitative estimate of drug-likeness (QED) is 0.641. The highest BCUT2D eigenvalue weighted by Crippen LogP contribution is 2.32. The first-order valence-corrected chi connectivity index (χ1v) is 7.65. The van der Waals surface area contributed by atoms with Gasteiger partial charge in [-0.1, -0.05) is 0 Å². The maximum atomic E-state index is 5.66. The Kier molecular flexibility index (Phi) is 6.07. The lowest BCUT2D eigenvalue weighted by atomic mass is 10.3. The fourth-order valence-corrected chi connectivity index (χ4v) is 2.23. The SMILES string of the molecule is CN(C)CCCNC(=S)Nc1ccc2c(c1)OCCCO2. The fraction of sp³-hybridized carbons (Fsp3) is 0.533. The van der Waals surface area contributed by atoms with Crippen molar-refractivity contribution in [2.75, 3.05) is 45.7 Å². The fourth-order valence-electron chi connectivity index (χ4n) is 2.01. The van der Waals surface area contributed by atoms with E-state index in [0.29, 0.717) is 18.3 Å². The summed E-state index contributed by atoms with van der Waals surface area (Å²) in [6.07, 6.45) is 1.96. The molecule has 21 heavy (non-hydrogen) atoms. The molecule has 1 aromatic carbocycles. The lowest BCUT2D eigenvalue weighted by molar-refractivity contribution is 0.297. The summed E-state index contributed by atoms with van der Waals surface area (Å²) >= 11 is 5.29. The molecule has 0 atom stereocenters. The number of hydrogen-bond donors (Lipinski definition) is 2. The van der Waals surface area contributed by atoms with E-state index in [9.17, 15) is 0 Å². The minimum Gasteiger partial charge on any atom is -0.490 e. The summed E-state index contributed by atoms with van der Waals surface area (Å²) in [6, 6.07) is 5.79. The van der Waals surface area contributed by atoms with Gasteiger partial charge in [0.2, 0.25) is 0 Å². The highest BCUT2D eigenvalue weighted by molar-refractivity contribution is 7.80. The van der Waals surface area contributed by atoms with Crippen LogP contribution < -0.4 is 20.1 Å². The van der Waals surface area contributed by atoms with Crippen molar-refractivity contribution in [2.45, 2.75) is 12.8 Å². The Hall–Kier alpha value is -1.53. The van der Waals surface area contributed by atoms with E-state index >= 15 is 0 Å². The van der Waals surface area contributed by atoms with Crippen LogP contribution in [-0.4, -0.2) is 50.4 Å². The first-order chi connectivity index (χ1) is 10.1. The molecule has 0 amide bonds. The summed E-state index contributed by atoms with van der Waals surface area (Å²) in [5, 5.41) is 7.00. The standard InChI is InChI=1S/C15H23N3O2S/c1-18(2)8-3-7-16-15(21)17-12-5-6-13-14(11-12)20-10-4-9-19-13/h5-6,11H,3-4,7-10H2,1-2H3,(H2,16,17,21). The second-order valence-electron chi connectivity index (χ2n) is 5.25. The summed E-state index contributed by atoms with van der Waals surface area (Å²) in [5.74, 6) is 1.57. The summed E-state index contributed by atoms with van der Waals surface area (Å²) < 4.78 is 11.3.